The van der Waals surface area contributed by atoms with E-state index in [1.54, 1.807) is 24.7 Å². The van der Waals surface area contributed by atoms with Crippen LogP contribution in [0.2, 0.25) is 0 Å². The van der Waals surface area contributed by atoms with Gasteiger partial charge in [-0.15, -0.1) is 35.3 Å². The molecular formula is C20H24IN3O2S. The lowest BCUT2D eigenvalue weighted by Crippen LogP contribution is -2.37. The van der Waals surface area contributed by atoms with E-state index in [0.29, 0.717) is 6.54 Å². The predicted molar refractivity (Wildman–Crippen MR) is 121 cm³/mol. The van der Waals surface area contributed by atoms with Crippen molar-refractivity contribution >= 4 is 41.3 Å². The molecule has 0 fully saturated rings. The summed E-state index contributed by atoms with van der Waals surface area (Å²) in [7, 11) is 1.67. The molecule has 7 heteroatoms. The Hall–Kier alpha value is -2.00. The third-order valence-electron chi connectivity index (χ3n) is 3.83. The molecule has 1 aromatic carbocycles. The number of rotatable bonds is 8. The Kier molecular flexibility index (Phi) is 9.20. The van der Waals surface area contributed by atoms with E-state index in [1.165, 1.54) is 4.88 Å². The van der Waals surface area contributed by atoms with E-state index >= 15 is 0 Å². The molecule has 0 amide bonds. The first-order valence-corrected chi connectivity index (χ1v) is 9.41. The van der Waals surface area contributed by atoms with Gasteiger partial charge in [-0.3, -0.25) is 0 Å². The largest absolute Gasteiger partial charge is 0.497 e. The zero-order valence-corrected chi connectivity index (χ0v) is 18.3. The molecule has 5 nitrogen and oxygen atoms in total. The average Bonchev–Trinajstić information content (AvgIpc) is 3.38. The topological polar surface area (TPSA) is 58.8 Å². The highest BCUT2D eigenvalue weighted by molar-refractivity contribution is 14.0. The lowest BCUT2D eigenvalue weighted by atomic mass is 10.2. The lowest BCUT2D eigenvalue weighted by molar-refractivity contribution is 0.414. The lowest BCUT2D eigenvalue weighted by Gasteiger charge is -2.12. The van der Waals surface area contributed by atoms with E-state index in [1.807, 2.05) is 36.4 Å². The van der Waals surface area contributed by atoms with Crippen molar-refractivity contribution in [2.75, 3.05) is 13.7 Å². The van der Waals surface area contributed by atoms with Crippen molar-refractivity contribution in [2.24, 2.45) is 4.99 Å². The maximum atomic E-state index is 5.37. The Balaban J connectivity index is 0.00000261. The van der Waals surface area contributed by atoms with Crippen LogP contribution in [0.3, 0.4) is 0 Å². The van der Waals surface area contributed by atoms with Gasteiger partial charge >= 0.3 is 0 Å². The van der Waals surface area contributed by atoms with Crippen LogP contribution in [0.5, 0.6) is 5.75 Å². The van der Waals surface area contributed by atoms with Gasteiger partial charge in [-0.25, -0.2) is 4.99 Å². The van der Waals surface area contributed by atoms with Gasteiger partial charge in [0.25, 0.3) is 0 Å². The van der Waals surface area contributed by atoms with Crippen molar-refractivity contribution in [1.82, 2.24) is 10.6 Å². The molecule has 144 valence electrons. The van der Waals surface area contributed by atoms with Crippen molar-refractivity contribution in [1.29, 1.82) is 0 Å². The summed E-state index contributed by atoms with van der Waals surface area (Å²) < 4.78 is 10.6. The Morgan fingerprint density at radius 3 is 2.63 bits per heavy atom. The molecule has 0 unspecified atom stereocenters. The smallest absolute Gasteiger partial charge is 0.191 e. The number of hydrogen-bond acceptors (Lipinski definition) is 4. The van der Waals surface area contributed by atoms with Crippen molar-refractivity contribution in [3.8, 4) is 5.75 Å². The predicted octanol–water partition coefficient (Wildman–Crippen LogP) is 4.45. The summed E-state index contributed by atoms with van der Waals surface area (Å²) in [6.45, 7) is 2.11. The highest BCUT2D eigenvalue weighted by Crippen LogP contribution is 2.12. The highest BCUT2D eigenvalue weighted by atomic mass is 127. The van der Waals surface area contributed by atoms with E-state index in [4.69, 9.17) is 14.1 Å². The average molecular weight is 497 g/mol. The zero-order valence-electron chi connectivity index (χ0n) is 15.2. The summed E-state index contributed by atoms with van der Waals surface area (Å²) >= 11 is 1.73. The van der Waals surface area contributed by atoms with Crippen molar-refractivity contribution in [3.05, 3.63) is 76.4 Å². The Labute approximate surface area is 180 Å². The number of halogens is 1. The number of thiophene rings is 1. The van der Waals surface area contributed by atoms with Crippen LogP contribution in [0.25, 0.3) is 0 Å². The molecule has 0 radical (unpaired) electrons. The first-order chi connectivity index (χ1) is 12.8. The molecule has 0 aliphatic heterocycles. The number of nitrogens with one attached hydrogen (secondary N) is 2. The molecule has 0 saturated heterocycles. The molecule has 27 heavy (non-hydrogen) atoms. The normalized spacial score (nSPS) is 10.9. The second-order valence-electron chi connectivity index (χ2n) is 5.70. The summed E-state index contributed by atoms with van der Waals surface area (Å²) in [6, 6.07) is 16.0. The van der Waals surface area contributed by atoms with Gasteiger partial charge < -0.3 is 19.8 Å². The van der Waals surface area contributed by atoms with Crippen LogP contribution in [0.4, 0.5) is 0 Å². The van der Waals surface area contributed by atoms with E-state index in [9.17, 15) is 0 Å². The molecule has 0 aliphatic rings. The molecule has 2 aromatic heterocycles. The fourth-order valence-electron chi connectivity index (χ4n) is 2.42. The minimum atomic E-state index is 0. The van der Waals surface area contributed by atoms with Gasteiger partial charge in [-0.2, -0.15) is 0 Å². The Morgan fingerprint density at radius 2 is 1.96 bits per heavy atom. The van der Waals surface area contributed by atoms with Crippen molar-refractivity contribution < 1.29 is 9.15 Å². The Bertz CT molecular complexity index is 787. The summed E-state index contributed by atoms with van der Waals surface area (Å²) in [5.74, 6) is 2.61. The zero-order chi connectivity index (χ0) is 18.0. The SMILES string of the molecule is COc1ccc(CN=C(NCCc2ccco2)NCc2cccs2)cc1.I. The van der Waals surface area contributed by atoms with E-state index in [-0.39, 0.29) is 24.0 Å². The monoisotopic (exact) mass is 497 g/mol. The van der Waals surface area contributed by atoms with Gasteiger partial charge in [0.2, 0.25) is 0 Å². The highest BCUT2D eigenvalue weighted by Gasteiger charge is 2.02. The van der Waals surface area contributed by atoms with Crippen LogP contribution >= 0.6 is 35.3 Å². The third-order valence-corrected chi connectivity index (χ3v) is 4.71. The fraction of sp³-hybridized carbons (Fsp3) is 0.250. The third kappa shape index (κ3) is 7.26. The molecule has 0 spiro atoms. The summed E-state index contributed by atoms with van der Waals surface area (Å²) in [5, 5.41) is 8.84. The standard InChI is InChI=1S/C20H23N3O2S.HI/c1-24-17-8-6-16(7-9-17)14-22-20(23-15-19-5-3-13-26-19)21-11-10-18-4-2-12-25-18;/h2-9,12-13H,10-11,14-15H2,1H3,(H2,21,22,23);1H. The number of benzene rings is 1. The van der Waals surface area contributed by atoms with Gasteiger partial charge in [0.15, 0.2) is 5.96 Å². The van der Waals surface area contributed by atoms with E-state index in [2.05, 4.69) is 28.1 Å². The van der Waals surface area contributed by atoms with Gasteiger partial charge in [-0.1, -0.05) is 18.2 Å². The first-order valence-electron chi connectivity index (χ1n) is 8.53. The van der Waals surface area contributed by atoms with Crippen LogP contribution in [0, 0.1) is 0 Å². The van der Waals surface area contributed by atoms with Crippen LogP contribution in [0.15, 0.2) is 69.6 Å². The van der Waals surface area contributed by atoms with Gasteiger partial charge in [0.1, 0.15) is 11.5 Å². The number of methoxy groups -OCH3 is 1. The molecule has 0 atom stereocenters. The molecular weight excluding hydrogens is 473 g/mol. The number of ether oxygens (including phenoxy) is 1. The molecule has 0 bridgehead atoms. The van der Waals surface area contributed by atoms with Crippen LogP contribution in [-0.4, -0.2) is 19.6 Å². The number of guanidine groups is 1. The van der Waals surface area contributed by atoms with Gasteiger partial charge in [0, 0.05) is 17.8 Å². The molecule has 2 heterocycles. The second kappa shape index (κ2) is 11.7. The maximum absolute atomic E-state index is 5.37. The molecule has 3 rings (SSSR count). The summed E-state index contributed by atoms with van der Waals surface area (Å²) in [6.07, 6.45) is 2.51. The number of aliphatic imine (C=N–C) groups is 1. The molecule has 0 saturated carbocycles. The summed E-state index contributed by atoms with van der Waals surface area (Å²) in [4.78, 5) is 5.97. The quantitative estimate of drug-likeness (QED) is 0.275. The number of furan rings is 1. The maximum Gasteiger partial charge on any atom is 0.191 e. The van der Waals surface area contributed by atoms with E-state index in [0.717, 1.165) is 42.5 Å². The number of hydrogen-bond donors (Lipinski definition) is 2. The van der Waals surface area contributed by atoms with Crippen LogP contribution in [0.1, 0.15) is 16.2 Å². The summed E-state index contributed by atoms with van der Waals surface area (Å²) in [5.41, 5.74) is 1.13. The minimum absolute atomic E-state index is 0. The molecule has 0 aliphatic carbocycles. The van der Waals surface area contributed by atoms with Crippen LogP contribution < -0.4 is 15.4 Å². The molecule has 2 N–H and O–H groups in total. The molecule has 3 aromatic rings. The van der Waals surface area contributed by atoms with E-state index < -0.39 is 0 Å². The van der Waals surface area contributed by atoms with Crippen molar-refractivity contribution in [2.45, 2.75) is 19.5 Å². The first kappa shape index (κ1) is 21.3. The fourth-order valence-corrected chi connectivity index (χ4v) is 3.06. The second-order valence-corrected chi connectivity index (χ2v) is 6.73. The minimum Gasteiger partial charge on any atom is -0.497 e. The van der Waals surface area contributed by atoms with Crippen molar-refractivity contribution in [3.63, 3.8) is 0 Å². The van der Waals surface area contributed by atoms with Gasteiger partial charge in [-0.05, 0) is 41.3 Å². The number of nitrogens with zero attached hydrogens (tertiary/aromatic N) is 1. The van der Waals surface area contributed by atoms with Crippen LogP contribution in [-0.2, 0) is 19.5 Å². The van der Waals surface area contributed by atoms with Gasteiger partial charge in [0.05, 0.1) is 26.5 Å². The Morgan fingerprint density at radius 1 is 1.11 bits per heavy atom.